The van der Waals surface area contributed by atoms with E-state index in [1.807, 2.05) is 0 Å². The van der Waals surface area contributed by atoms with Gasteiger partial charge in [0.1, 0.15) is 0 Å². The average Bonchev–Trinajstić information content (AvgIpc) is 1.85. The van der Waals surface area contributed by atoms with Crippen molar-refractivity contribution in [1.82, 2.24) is 10.2 Å². The Morgan fingerprint density at radius 1 is 1.80 bits per heavy atom. The van der Waals surface area contributed by atoms with E-state index >= 15 is 0 Å². The molecule has 3 N–H and O–H groups in total. The van der Waals surface area contributed by atoms with Crippen LogP contribution in [0.25, 0.3) is 0 Å². The molecule has 0 aromatic rings. The van der Waals surface area contributed by atoms with Crippen molar-refractivity contribution in [3.8, 4) is 0 Å². The monoisotopic (exact) mass is 161 g/mol. The van der Waals surface area contributed by atoms with Gasteiger partial charge < -0.3 is 16.0 Å². The molecule has 0 heterocycles. The van der Waals surface area contributed by atoms with Crippen molar-refractivity contribution in [2.75, 3.05) is 20.6 Å². The van der Waals surface area contributed by atoms with Crippen LogP contribution in [0.4, 0.5) is 0 Å². The van der Waals surface area contributed by atoms with Crippen LogP contribution in [0.5, 0.6) is 0 Å². The Morgan fingerprint density at radius 2 is 2.30 bits per heavy atom. The fourth-order valence-corrected chi connectivity index (χ4v) is 0.561. The molecule has 0 rings (SSSR count). The van der Waals surface area contributed by atoms with Gasteiger partial charge in [0.05, 0.1) is 6.54 Å². The van der Waals surface area contributed by atoms with Crippen LogP contribution in [0.15, 0.2) is 0 Å². The smallest absolute Gasteiger partial charge is 0.237 e. The van der Waals surface area contributed by atoms with Gasteiger partial charge in [-0.2, -0.15) is 0 Å². The van der Waals surface area contributed by atoms with Crippen molar-refractivity contribution in [2.45, 2.75) is 0 Å². The van der Waals surface area contributed by atoms with Gasteiger partial charge in [-0.25, -0.2) is 0 Å². The molecular formula is C5H11N3OS. The fraction of sp³-hybridized carbons (Fsp3) is 0.600. The zero-order valence-corrected chi connectivity index (χ0v) is 6.86. The number of hydrogen-bond donors (Lipinski definition) is 2. The standard InChI is InChI=1S/C5H11N3OS/c1-7-5(10)8(2)3-4(6)9/h3H2,1-2H3,(H2,6,9)(H,7,10). The number of nitrogens with zero attached hydrogens (tertiary/aromatic N) is 1. The third-order valence-corrected chi connectivity index (χ3v) is 1.47. The largest absolute Gasteiger partial charge is 0.368 e. The van der Waals surface area contributed by atoms with Crippen LogP contribution in [-0.4, -0.2) is 36.6 Å². The Hall–Kier alpha value is -0.840. The van der Waals surface area contributed by atoms with Gasteiger partial charge in [0.15, 0.2) is 5.11 Å². The summed E-state index contributed by atoms with van der Waals surface area (Å²) in [4.78, 5) is 11.9. The Morgan fingerprint density at radius 3 is 2.60 bits per heavy atom. The van der Waals surface area contributed by atoms with E-state index in [0.717, 1.165) is 0 Å². The highest BCUT2D eigenvalue weighted by atomic mass is 32.1. The summed E-state index contributed by atoms with van der Waals surface area (Å²) in [7, 11) is 3.39. The van der Waals surface area contributed by atoms with E-state index < -0.39 is 0 Å². The van der Waals surface area contributed by atoms with Gasteiger partial charge in [-0.3, -0.25) is 4.79 Å². The van der Waals surface area contributed by atoms with Crippen LogP contribution >= 0.6 is 12.2 Å². The van der Waals surface area contributed by atoms with Gasteiger partial charge in [-0.05, 0) is 12.2 Å². The molecule has 0 spiro atoms. The van der Waals surface area contributed by atoms with E-state index in [0.29, 0.717) is 5.11 Å². The lowest BCUT2D eigenvalue weighted by molar-refractivity contribution is -0.118. The molecule has 0 aliphatic rings. The topological polar surface area (TPSA) is 58.4 Å². The van der Waals surface area contributed by atoms with Crippen LogP contribution in [-0.2, 0) is 4.79 Å². The van der Waals surface area contributed by atoms with Crippen molar-refractivity contribution >= 4 is 23.2 Å². The minimum Gasteiger partial charge on any atom is -0.368 e. The number of amides is 1. The second-order valence-corrected chi connectivity index (χ2v) is 2.26. The normalized spacial score (nSPS) is 8.60. The second kappa shape index (κ2) is 4.05. The maximum Gasteiger partial charge on any atom is 0.237 e. The predicted molar refractivity (Wildman–Crippen MR) is 43.5 cm³/mol. The first-order valence-electron chi connectivity index (χ1n) is 2.79. The molecular weight excluding hydrogens is 150 g/mol. The lowest BCUT2D eigenvalue weighted by atomic mass is 10.5. The number of thiocarbonyl (C=S) groups is 1. The van der Waals surface area contributed by atoms with Crippen LogP contribution in [0.1, 0.15) is 0 Å². The third kappa shape index (κ3) is 3.24. The molecule has 0 aromatic heterocycles. The number of carbonyl (C=O) groups excluding carboxylic acids is 1. The van der Waals surface area contributed by atoms with E-state index in [-0.39, 0.29) is 12.5 Å². The summed E-state index contributed by atoms with van der Waals surface area (Å²) in [5, 5.41) is 3.23. The van der Waals surface area contributed by atoms with E-state index in [2.05, 4.69) is 5.32 Å². The van der Waals surface area contributed by atoms with Gasteiger partial charge >= 0.3 is 0 Å². The summed E-state index contributed by atoms with van der Waals surface area (Å²) in [6.45, 7) is 0.152. The van der Waals surface area contributed by atoms with Crippen molar-refractivity contribution in [1.29, 1.82) is 0 Å². The molecule has 0 fully saturated rings. The van der Waals surface area contributed by atoms with Gasteiger partial charge in [0, 0.05) is 14.1 Å². The number of nitrogens with one attached hydrogen (secondary N) is 1. The number of carbonyl (C=O) groups is 1. The maximum atomic E-state index is 10.3. The zero-order valence-electron chi connectivity index (χ0n) is 6.05. The first kappa shape index (κ1) is 9.16. The second-order valence-electron chi connectivity index (χ2n) is 1.88. The molecule has 0 radical (unpaired) electrons. The van der Waals surface area contributed by atoms with Gasteiger partial charge in [0.25, 0.3) is 0 Å². The maximum absolute atomic E-state index is 10.3. The molecule has 0 saturated carbocycles. The van der Waals surface area contributed by atoms with Crippen molar-refractivity contribution < 1.29 is 4.79 Å². The van der Waals surface area contributed by atoms with Crippen LogP contribution < -0.4 is 11.1 Å². The van der Waals surface area contributed by atoms with Crippen LogP contribution in [0.2, 0.25) is 0 Å². The summed E-state index contributed by atoms with van der Waals surface area (Å²) in [6, 6.07) is 0. The van der Waals surface area contributed by atoms with Crippen LogP contribution in [0, 0.1) is 0 Å². The quantitative estimate of drug-likeness (QED) is 0.505. The predicted octanol–water partition coefficient (Wildman–Crippen LogP) is -1.09. The molecule has 0 bridgehead atoms. The van der Waals surface area contributed by atoms with E-state index in [4.69, 9.17) is 18.0 Å². The van der Waals surface area contributed by atoms with Crippen molar-refractivity contribution in [2.24, 2.45) is 5.73 Å². The number of rotatable bonds is 2. The molecule has 10 heavy (non-hydrogen) atoms. The molecule has 1 amide bonds. The van der Waals surface area contributed by atoms with Crippen molar-refractivity contribution in [3.05, 3.63) is 0 Å². The zero-order chi connectivity index (χ0) is 8.15. The first-order valence-corrected chi connectivity index (χ1v) is 3.20. The Labute approximate surface area is 65.4 Å². The Bertz CT molecular complexity index is 148. The van der Waals surface area contributed by atoms with E-state index in [9.17, 15) is 4.79 Å². The van der Waals surface area contributed by atoms with Gasteiger partial charge in [-0.15, -0.1) is 0 Å². The Kier molecular flexibility index (Phi) is 3.71. The summed E-state index contributed by atoms with van der Waals surface area (Å²) in [5.41, 5.74) is 4.92. The molecule has 0 atom stereocenters. The van der Waals surface area contributed by atoms with Gasteiger partial charge in [0.2, 0.25) is 5.91 Å². The summed E-state index contributed by atoms with van der Waals surface area (Å²) < 4.78 is 0. The summed E-state index contributed by atoms with van der Waals surface area (Å²) in [6.07, 6.45) is 0. The minimum atomic E-state index is -0.389. The van der Waals surface area contributed by atoms with Crippen LogP contribution in [0.3, 0.4) is 0 Å². The highest BCUT2D eigenvalue weighted by molar-refractivity contribution is 7.80. The molecule has 0 aliphatic heterocycles. The van der Waals surface area contributed by atoms with Gasteiger partial charge in [-0.1, -0.05) is 0 Å². The first-order chi connectivity index (χ1) is 4.57. The lowest BCUT2D eigenvalue weighted by Gasteiger charge is -2.16. The summed E-state index contributed by atoms with van der Waals surface area (Å²) >= 11 is 4.80. The highest BCUT2D eigenvalue weighted by Crippen LogP contribution is 1.81. The average molecular weight is 161 g/mol. The summed E-state index contributed by atoms with van der Waals surface area (Å²) in [5.74, 6) is -0.389. The van der Waals surface area contributed by atoms with E-state index in [1.54, 1.807) is 19.0 Å². The SMILES string of the molecule is CNC(=S)N(C)CC(N)=O. The number of likely N-dealkylation sites (N-methyl/N-ethyl adjacent to an activating group) is 1. The number of hydrogen-bond acceptors (Lipinski definition) is 2. The Balaban J connectivity index is 3.72. The number of nitrogens with two attached hydrogens (primary N) is 1. The highest BCUT2D eigenvalue weighted by Gasteiger charge is 2.03. The van der Waals surface area contributed by atoms with Crippen molar-refractivity contribution in [3.63, 3.8) is 0 Å². The molecule has 58 valence electrons. The molecule has 5 heteroatoms. The molecule has 4 nitrogen and oxygen atoms in total. The lowest BCUT2D eigenvalue weighted by Crippen LogP contribution is -2.40. The number of primary amides is 1. The minimum absolute atomic E-state index is 0.152. The molecule has 0 aromatic carbocycles. The molecule has 0 unspecified atom stereocenters. The third-order valence-electron chi connectivity index (χ3n) is 0.954. The van der Waals surface area contributed by atoms with E-state index in [1.165, 1.54) is 0 Å². The fourth-order valence-electron chi connectivity index (χ4n) is 0.496. The molecule has 0 saturated heterocycles. The molecule has 0 aliphatic carbocycles.